The third-order valence-electron chi connectivity index (χ3n) is 5.92. The van der Waals surface area contributed by atoms with Crippen LogP contribution in [0.25, 0.3) is 27.6 Å². The minimum Gasteiger partial charge on any atom is -0.321 e. The fourth-order valence-corrected chi connectivity index (χ4v) is 4.87. The Balaban J connectivity index is 1.51. The molecule has 3 N–H and O–H groups in total. The molecule has 0 atom stereocenters. The molecular weight excluding hydrogens is 536 g/mol. The van der Waals surface area contributed by atoms with Gasteiger partial charge >= 0.3 is 6.18 Å². The van der Waals surface area contributed by atoms with E-state index < -0.39 is 39.3 Å². The molecule has 198 valence electrons. The Bertz CT molecular complexity index is 1830. The minimum atomic E-state index is -4.88. The van der Waals surface area contributed by atoms with E-state index in [1.165, 1.54) is 42.5 Å². The first kappa shape index (κ1) is 26.1. The van der Waals surface area contributed by atoms with Crippen LogP contribution in [-0.4, -0.2) is 24.1 Å². The van der Waals surface area contributed by atoms with Crippen molar-refractivity contribution in [1.29, 1.82) is 0 Å². The van der Waals surface area contributed by atoms with Gasteiger partial charge in [0, 0.05) is 17.3 Å². The van der Waals surface area contributed by atoms with E-state index in [1.54, 1.807) is 36.4 Å². The number of amides is 1. The lowest BCUT2D eigenvalue weighted by Crippen LogP contribution is -2.17. The van der Waals surface area contributed by atoms with E-state index in [4.69, 9.17) is 5.14 Å². The summed E-state index contributed by atoms with van der Waals surface area (Å²) in [6, 6.07) is 21.7. The summed E-state index contributed by atoms with van der Waals surface area (Å²) < 4.78 is 80.0. The number of primary sulfonamides is 1. The summed E-state index contributed by atoms with van der Waals surface area (Å²) in [6.45, 7) is 0. The van der Waals surface area contributed by atoms with Crippen molar-refractivity contribution in [2.75, 3.05) is 5.32 Å². The van der Waals surface area contributed by atoms with Gasteiger partial charge in [-0.25, -0.2) is 22.6 Å². The number of nitrogens with one attached hydrogen (secondary N) is 1. The summed E-state index contributed by atoms with van der Waals surface area (Å²) in [6.07, 6.45) is -4.88. The molecule has 5 rings (SSSR count). The average Bonchev–Trinajstić information content (AvgIpc) is 3.34. The highest BCUT2D eigenvalue weighted by atomic mass is 32.2. The van der Waals surface area contributed by atoms with Crippen molar-refractivity contribution < 1.29 is 30.8 Å². The first-order valence-electron chi connectivity index (χ1n) is 11.3. The number of aromatic nitrogens is 2. The number of nitrogens with zero attached hydrogens (tertiary/aromatic N) is 2. The molecule has 12 heteroatoms. The Labute approximate surface area is 219 Å². The van der Waals surface area contributed by atoms with Crippen molar-refractivity contribution in [1.82, 2.24) is 9.78 Å². The monoisotopic (exact) mass is 554 g/mol. The molecule has 7 nitrogen and oxygen atoms in total. The predicted octanol–water partition coefficient (Wildman–Crippen LogP) is 5.75. The zero-order valence-corrected chi connectivity index (χ0v) is 20.6. The van der Waals surface area contributed by atoms with Crippen LogP contribution in [0.2, 0.25) is 0 Å². The number of alkyl halides is 3. The van der Waals surface area contributed by atoms with Crippen molar-refractivity contribution >= 4 is 32.4 Å². The normalized spacial score (nSPS) is 12.0. The Kier molecular flexibility index (Phi) is 6.44. The Morgan fingerprint density at radius 2 is 1.49 bits per heavy atom. The first-order valence-corrected chi connectivity index (χ1v) is 12.9. The summed E-state index contributed by atoms with van der Waals surface area (Å²) >= 11 is 0. The summed E-state index contributed by atoms with van der Waals surface area (Å²) in [5, 5.41) is 12.3. The number of carbonyl (C=O) groups excluding carboxylic acids is 1. The number of anilines is 1. The van der Waals surface area contributed by atoms with Gasteiger partial charge in [-0.3, -0.25) is 4.79 Å². The second-order valence-electron chi connectivity index (χ2n) is 8.55. The topological polar surface area (TPSA) is 107 Å². The fourth-order valence-electron chi connectivity index (χ4n) is 4.11. The van der Waals surface area contributed by atoms with Crippen LogP contribution in [0.3, 0.4) is 0 Å². The summed E-state index contributed by atoms with van der Waals surface area (Å²) in [5.74, 6) is -1.83. The molecule has 4 aromatic carbocycles. The predicted molar refractivity (Wildman–Crippen MR) is 137 cm³/mol. The highest BCUT2D eigenvalue weighted by Crippen LogP contribution is 2.32. The number of nitrogens with two attached hydrogens (primary N) is 1. The lowest BCUT2D eigenvalue weighted by atomic mass is 10.1. The van der Waals surface area contributed by atoms with E-state index in [1.807, 2.05) is 0 Å². The lowest BCUT2D eigenvalue weighted by Gasteiger charge is -2.12. The zero-order valence-electron chi connectivity index (χ0n) is 19.8. The maximum atomic E-state index is 15.0. The first-order chi connectivity index (χ1) is 18.4. The van der Waals surface area contributed by atoms with Crippen LogP contribution in [-0.2, 0) is 16.2 Å². The summed E-state index contributed by atoms with van der Waals surface area (Å²) in [4.78, 5) is 13.0. The van der Waals surface area contributed by atoms with E-state index >= 15 is 0 Å². The zero-order chi connectivity index (χ0) is 27.9. The molecule has 0 unspecified atom stereocenters. The van der Waals surface area contributed by atoms with Crippen molar-refractivity contribution in [3.8, 4) is 16.8 Å². The summed E-state index contributed by atoms with van der Waals surface area (Å²) in [7, 11) is -4.01. The van der Waals surface area contributed by atoms with Crippen molar-refractivity contribution in [2.24, 2.45) is 5.14 Å². The quantitative estimate of drug-likeness (QED) is 0.270. The Morgan fingerprint density at radius 3 is 2.13 bits per heavy atom. The number of halogens is 4. The molecule has 0 saturated heterocycles. The molecule has 0 aliphatic heterocycles. The summed E-state index contributed by atoms with van der Waals surface area (Å²) in [5.41, 5.74) is -1.24. The number of fused-ring (bicyclic) bond motifs is 1. The number of sulfonamides is 1. The number of hydrogen-bond donors (Lipinski definition) is 2. The Morgan fingerprint density at radius 1 is 0.872 bits per heavy atom. The molecule has 1 heterocycles. The largest absolute Gasteiger partial charge is 0.435 e. The number of rotatable bonds is 5. The van der Waals surface area contributed by atoms with E-state index in [9.17, 15) is 30.8 Å². The molecule has 0 saturated carbocycles. The molecule has 39 heavy (non-hydrogen) atoms. The van der Waals surface area contributed by atoms with E-state index in [0.29, 0.717) is 32.6 Å². The average molecular weight is 555 g/mol. The third kappa shape index (κ3) is 5.24. The van der Waals surface area contributed by atoms with Gasteiger partial charge in [0.15, 0.2) is 5.69 Å². The van der Waals surface area contributed by atoms with Crippen LogP contribution in [0.4, 0.5) is 23.2 Å². The maximum Gasteiger partial charge on any atom is 0.435 e. The van der Waals surface area contributed by atoms with Gasteiger partial charge in [-0.05, 0) is 46.7 Å². The highest BCUT2D eigenvalue weighted by Gasteiger charge is 2.36. The van der Waals surface area contributed by atoms with E-state index in [0.717, 1.165) is 6.07 Å². The van der Waals surface area contributed by atoms with Crippen LogP contribution in [0.1, 0.15) is 16.2 Å². The Hall–Kier alpha value is -4.55. The van der Waals surface area contributed by atoms with Gasteiger partial charge < -0.3 is 5.32 Å². The molecule has 0 bridgehead atoms. The van der Waals surface area contributed by atoms with Gasteiger partial charge in [-0.2, -0.15) is 18.3 Å². The third-order valence-corrected chi connectivity index (χ3v) is 6.89. The smallest absolute Gasteiger partial charge is 0.321 e. The van der Waals surface area contributed by atoms with Crippen LogP contribution in [0, 0.1) is 5.82 Å². The van der Waals surface area contributed by atoms with Gasteiger partial charge in [-0.15, -0.1) is 0 Å². The van der Waals surface area contributed by atoms with E-state index in [2.05, 4.69) is 10.4 Å². The molecule has 5 aromatic rings. The molecule has 1 amide bonds. The van der Waals surface area contributed by atoms with Crippen LogP contribution < -0.4 is 10.5 Å². The van der Waals surface area contributed by atoms with Gasteiger partial charge in [0.2, 0.25) is 10.0 Å². The standard InChI is InChI=1S/C27H18F4N4O3S/c28-21-13-17-5-1-2-6-18(17)14-22(21)35-23(15-25(34-35)27(29,30)31)26(36)33-19-11-9-16(10-12-19)20-7-3-4-8-24(20)39(32,37)38/h1-15H,(H,33,36)(H2,32,37,38). The molecule has 0 aliphatic rings. The number of hydrogen-bond acceptors (Lipinski definition) is 4. The molecule has 1 aromatic heterocycles. The molecule has 0 spiro atoms. The van der Waals surface area contributed by atoms with Gasteiger partial charge in [0.1, 0.15) is 17.2 Å². The van der Waals surface area contributed by atoms with Crippen molar-refractivity contribution in [3.05, 3.63) is 108 Å². The minimum absolute atomic E-state index is 0.0946. The SMILES string of the molecule is NS(=O)(=O)c1ccccc1-c1ccc(NC(=O)c2cc(C(F)(F)F)nn2-c2cc3ccccc3cc2F)cc1. The van der Waals surface area contributed by atoms with Crippen molar-refractivity contribution in [3.63, 3.8) is 0 Å². The molecule has 0 fully saturated rings. The van der Waals surface area contributed by atoms with Crippen molar-refractivity contribution in [2.45, 2.75) is 11.1 Å². The molecule has 0 aliphatic carbocycles. The fraction of sp³-hybridized carbons (Fsp3) is 0.0370. The van der Waals surface area contributed by atoms with Gasteiger partial charge in [-0.1, -0.05) is 54.6 Å². The van der Waals surface area contributed by atoms with Crippen LogP contribution in [0.5, 0.6) is 0 Å². The second-order valence-corrected chi connectivity index (χ2v) is 10.1. The number of benzene rings is 4. The van der Waals surface area contributed by atoms with Crippen LogP contribution in [0.15, 0.2) is 95.9 Å². The maximum absolute atomic E-state index is 15.0. The number of carbonyl (C=O) groups is 1. The van der Waals surface area contributed by atoms with Crippen LogP contribution >= 0.6 is 0 Å². The highest BCUT2D eigenvalue weighted by molar-refractivity contribution is 7.89. The molecular formula is C27H18F4N4O3S. The van der Waals surface area contributed by atoms with Gasteiger partial charge in [0.25, 0.3) is 5.91 Å². The lowest BCUT2D eigenvalue weighted by molar-refractivity contribution is -0.141. The second kappa shape index (κ2) is 9.64. The molecule has 0 radical (unpaired) electrons. The van der Waals surface area contributed by atoms with E-state index in [-0.39, 0.29) is 16.3 Å². The van der Waals surface area contributed by atoms with Gasteiger partial charge in [0.05, 0.1) is 4.90 Å².